The van der Waals surface area contributed by atoms with Crippen LogP contribution in [-0.4, -0.2) is 16.6 Å². The monoisotopic (exact) mass is 184 g/mol. The topological polar surface area (TPSA) is 35.0 Å². The van der Waals surface area contributed by atoms with Crippen LogP contribution in [0, 0.1) is 0 Å². The van der Waals surface area contributed by atoms with Crippen LogP contribution in [0.2, 0.25) is 5.28 Å². The van der Waals surface area contributed by atoms with Gasteiger partial charge in [0, 0.05) is 12.3 Å². The van der Waals surface area contributed by atoms with E-state index in [0.717, 1.165) is 0 Å². The molecule has 0 radical (unpaired) electrons. The zero-order valence-electron chi connectivity index (χ0n) is 6.70. The van der Waals surface area contributed by atoms with E-state index in [4.69, 9.17) is 16.3 Å². The van der Waals surface area contributed by atoms with E-state index in [1.165, 1.54) is 0 Å². The van der Waals surface area contributed by atoms with Crippen molar-refractivity contribution in [1.82, 2.24) is 9.97 Å². The zero-order chi connectivity index (χ0) is 8.81. The van der Waals surface area contributed by atoms with Crippen molar-refractivity contribution < 1.29 is 4.74 Å². The van der Waals surface area contributed by atoms with Gasteiger partial charge in [-0.25, -0.2) is 4.98 Å². The number of nitrogens with zero attached hydrogens (tertiary/aromatic N) is 2. The highest BCUT2D eigenvalue weighted by molar-refractivity contribution is 6.28. The summed E-state index contributed by atoms with van der Waals surface area (Å²) in [4.78, 5) is 7.57. The Labute approximate surface area is 76.1 Å². The highest BCUT2D eigenvalue weighted by atomic mass is 35.5. The van der Waals surface area contributed by atoms with E-state index in [2.05, 4.69) is 9.97 Å². The van der Waals surface area contributed by atoms with Gasteiger partial charge in [-0.2, -0.15) is 4.98 Å². The fourth-order valence-corrected chi connectivity index (χ4v) is 0.769. The Morgan fingerprint density at radius 2 is 2.50 bits per heavy atom. The molecular formula is C8H9ClN2O. The first-order chi connectivity index (χ1) is 5.83. The molecule has 3 nitrogen and oxygen atoms in total. The third kappa shape index (κ3) is 2.88. The highest BCUT2D eigenvalue weighted by Crippen LogP contribution is 2.07. The minimum absolute atomic E-state index is 0.202. The largest absolute Gasteiger partial charge is 0.473 e. The number of rotatable bonds is 3. The molecule has 0 saturated heterocycles. The lowest BCUT2D eigenvalue weighted by molar-refractivity contribution is 0.347. The Balaban J connectivity index is 2.52. The molecule has 1 aromatic heterocycles. The molecule has 0 saturated carbocycles. The average molecular weight is 185 g/mol. The highest BCUT2D eigenvalue weighted by Gasteiger charge is 1.94. The van der Waals surface area contributed by atoms with Crippen molar-refractivity contribution in [3.05, 3.63) is 29.7 Å². The SMILES string of the molecule is CC=CCOc1ccnc(Cl)n1. The Morgan fingerprint density at radius 3 is 3.17 bits per heavy atom. The molecule has 0 atom stereocenters. The second kappa shape index (κ2) is 4.72. The molecule has 0 fully saturated rings. The standard InChI is InChI=1S/C8H9ClN2O/c1-2-3-6-12-7-4-5-10-8(9)11-7/h2-5H,6H2,1H3. The second-order valence-electron chi connectivity index (χ2n) is 2.04. The Morgan fingerprint density at radius 1 is 1.67 bits per heavy atom. The van der Waals surface area contributed by atoms with E-state index in [9.17, 15) is 0 Å². The molecule has 0 aromatic carbocycles. The molecule has 1 heterocycles. The van der Waals surface area contributed by atoms with Crippen molar-refractivity contribution in [2.24, 2.45) is 0 Å². The van der Waals surface area contributed by atoms with Crippen molar-refractivity contribution in [3.8, 4) is 5.88 Å². The summed E-state index contributed by atoms with van der Waals surface area (Å²) in [6.07, 6.45) is 5.35. The van der Waals surface area contributed by atoms with E-state index in [1.54, 1.807) is 12.3 Å². The first-order valence-corrected chi connectivity index (χ1v) is 3.93. The number of hydrogen-bond acceptors (Lipinski definition) is 3. The first-order valence-electron chi connectivity index (χ1n) is 3.55. The molecule has 0 aliphatic heterocycles. The molecular weight excluding hydrogens is 176 g/mol. The van der Waals surface area contributed by atoms with E-state index >= 15 is 0 Å². The van der Waals surface area contributed by atoms with Gasteiger partial charge >= 0.3 is 0 Å². The summed E-state index contributed by atoms with van der Waals surface area (Å²) >= 11 is 5.54. The van der Waals surface area contributed by atoms with Crippen molar-refractivity contribution in [3.63, 3.8) is 0 Å². The van der Waals surface area contributed by atoms with E-state index in [0.29, 0.717) is 12.5 Å². The summed E-state index contributed by atoms with van der Waals surface area (Å²) < 4.78 is 5.20. The van der Waals surface area contributed by atoms with Gasteiger partial charge in [-0.1, -0.05) is 12.2 Å². The van der Waals surface area contributed by atoms with E-state index in [-0.39, 0.29) is 5.28 Å². The molecule has 0 aliphatic carbocycles. The molecule has 1 aromatic rings. The van der Waals surface area contributed by atoms with Gasteiger partial charge in [0.25, 0.3) is 0 Å². The fourth-order valence-electron chi connectivity index (χ4n) is 0.630. The minimum Gasteiger partial charge on any atom is -0.473 e. The van der Waals surface area contributed by atoms with Crippen LogP contribution in [-0.2, 0) is 0 Å². The van der Waals surface area contributed by atoms with Crippen LogP contribution in [0.5, 0.6) is 5.88 Å². The third-order valence-corrected chi connectivity index (χ3v) is 1.35. The number of allylic oxidation sites excluding steroid dienone is 1. The van der Waals surface area contributed by atoms with Gasteiger partial charge in [-0.05, 0) is 18.5 Å². The van der Waals surface area contributed by atoms with Crippen molar-refractivity contribution in [2.75, 3.05) is 6.61 Å². The minimum atomic E-state index is 0.202. The number of ether oxygens (including phenoxy) is 1. The maximum Gasteiger partial charge on any atom is 0.225 e. The Hall–Kier alpha value is -1.09. The fraction of sp³-hybridized carbons (Fsp3) is 0.250. The number of hydrogen-bond donors (Lipinski definition) is 0. The molecule has 12 heavy (non-hydrogen) atoms. The smallest absolute Gasteiger partial charge is 0.225 e. The van der Waals surface area contributed by atoms with Gasteiger partial charge in [-0.15, -0.1) is 0 Å². The maximum atomic E-state index is 5.54. The summed E-state index contributed by atoms with van der Waals surface area (Å²) in [7, 11) is 0. The van der Waals surface area contributed by atoms with E-state index in [1.807, 2.05) is 19.1 Å². The van der Waals surface area contributed by atoms with Crippen LogP contribution >= 0.6 is 11.6 Å². The van der Waals surface area contributed by atoms with Crippen LogP contribution in [0.1, 0.15) is 6.92 Å². The maximum absolute atomic E-state index is 5.54. The lowest BCUT2D eigenvalue weighted by Crippen LogP contribution is -1.96. The molecule has 0 unspecified atom stereocenters. The van der Waals surface area contributed by atoms with Crippen LogP contribution in [0.25, 0.3) is 0 Å². The van der Waals surface area contributed by atoms with Gasteiger partial charge in [0.15, 0.2) is 0 Å². The van der Waals surface area contributed by atoms with Crippen molar-refractivity contribution in [1.29, 1.82) is 0 Å². The van der Waals surface area contributed by atoms with Crippen LogP contribution in [0.4, 0.5) is 0 Å². The van der Waals surface area contributed by atoms with Gasteiger partial charge < -0.3 is 4.74 Å². The van der Waals surface area contributed by atoms with Crippen LogP contribution < -0.4 is 4.74 Å². The predicted molar refractivity (Wildman–Crippen MR) is 47.4 cm³/mol. The first kappa shape index (κ1) is 9.00. The lowest BCUT2D eigenvalue weighted by Gasteiger charge is -1.99. The van der Waals surface area contributed by atoms with Crippen molar-refractivity contribution in [2.45, 2.75) is 6.92 Å². The quantitative estimate of drug-likeness (QED) is 0.533. The third-order valence-electron chi connectivity index (χ3n) is 1.16. The molecule has 0 spiro atoms. The molecule has 0 aliphatic rings. The molecule has 0 N–H and O–H groups in total. The predicted octanol–water partition coefficient (Wildman–Crippen LogP) is 2.08. The number of halogens is 1. The summed E-state index contributed by atoms with van der Waals surface area (Å²) in [5, 5.41) is 0.202. The summed E-state index contributed by atoms with van der Waals surface area (Å²) in [6.45, 7) is 2.43. The van der Waals surface area contributed by atoms with Gasteiger partial charge in [0.1, 0.15) is 6.61 Å². The van der Waals surface area contributed by atoms with Gasteiger partial charge in [0.05, 0.1) is 0 Å². The Kier molecular flexibility index (Phi) is 3.54. The van der Waals surface area contributed by atoms with Gasteiger partial charge in [-0.3, -0.25) is 0 Å². The van der Waals surface area contributed by atoms with Gasteiger partial charge in [0.2, 0.25) is 11.2 Å². The molecule has 64 valence electrons. The van der Waals surface area contributed by atoms with E-state index < -0.39 is 0 Å². The van der Waals surface area contributed by atoms with Crippen molar-refractivity contribution >= 4 is 11.6 Å². The lowest BCUT2D eigenvalue weighted by atomic mass is 10.5. The molecule has 1 rings (SSSR count). The average Bonchev–Trinajstić information content (AvgIpc) is 2.05. The van der Waals surface area contributed by atoms with Crippen LogP contribution in [0.3, 0.4) is 0 Å². The molecule has 0 amide bonds. The summed E-state index contributed by atoms with van der Waals surface area (Å²) in [5.41, 5.74) is 0. The number of aromatic nitrogens is 2. The summed E-state index contributed by atoms with van der Waals surface area (Å²) in [5.74, 6) is 0.494. The molecule has 4 heteroatoms. The molecule has 0 bridgehead atoms. The van der Waals surface area contributed by atoms with Crippen LogP contribution in [0.15, 0.2) is 24.4 Å². The zero-order valence-corrected chi connectivity index (χ0v) is 7.45. The second-order valence-corrected chi connectivity index (χ2v) is 2.38. The summed E-state index contributed by atoms with van der Waals surface area (Å²) in [6, 6.07) is 1.66. The Bertz CT molecular complexity index is 276. The normalized spacial score (nSPS) is 10.5.